The van der Waals surface area contributed by atoms with Crippen LogP contribution in [-0.2, 0) is 54.1 Å². The van der Waals surface area contributed by atoms with Gasteiger partial charge in [-0.15, -0.1) is 0 Å². The molecule has 0 bridgehead atoms. The van der Waals surface area contributed by atoms with Crippen LogP contribution in [0.3, 0.4) is 0 Å². The van der Waals surface area contributed by atoms with Crippen LogP contribution >= 0.6 is 0 Å². The van der Waals surface area contributed by atoms with Gasteiger partial charge in [-0.3, -0.25) is 0 Å². The third kappa shape index (κ3) is 9.83. The minimum Gasteiger partial charge on any atom is -0.0639 e. The van der Waals surface area contributed by atoms with Crippen LogP contribution in [0, 0.1) is 11.8 Å². The second-order valence-electron chi connectivity index (χ2n) is 36.8. The molecule has 432 valence electrons. The molecule has 0 amide bonds. The largest absolute Gasteiger partial charge is 0.243 e. The Balaban J connectivity index is 1.41. The zero-order valence-corrected chi connectivity index (χ0v) is 57.4. The molecule has 6 aliphatic rings. The Morgan fingerprint density at radius 1 is 0.293 bits per heavy atom. The molecule has 2 atom stereocenters. The lowest BCUT2D eigenvalue weighted by atomic mass is 9.26. The third-order valence-corrected chi connectivity index (χ3v) is 19.8. The first-order chi connectivity index (χ1) is 37.0. The van der Waals surface area contributed by atoms with Crippen LogP contribution in [0.15, 0.2) is 118 Å². The van der Waals surface area contributed by atoms with Crippen LogP contribution in [0.5, 0.6) is 0 Å². The maximum atomic E-state index is 2.78. The van der Waals surface area contributed by atoms with Crippen molar-refractivity contribution in [3.63, 3.8) is 0 Å². The molecule has 0 nitrogen and oxygen atoms in total. The summed E-state index contributed by atoms with van der Waals surface area (Å²) in [5.41, 5.74) is 34.8. The lowest BCUT2D eigenvalue weighted by molar-refractivity contribution is 0.551. The van der Waals surface area contributed by atoms with Crippen molar-refractivity contribution in [2.75, 3.05) is 0 Å². The average Bonchev–Trinajstić information content (AvgIpc) is 1.98. The molecule has 0 aromatic heterocycles. The Bertz CT molecular complexity index is 3560. The van der Waals surface area contributed by atoms with Crippen molar-refractivity contribution in [2.24, 2.45) is 11.8 Å². The number of fused-ring (bicyclic) bond motifs is 4. The van der Waals surface area contributed by atoms with Gasteiger partial charge in [-0.1, -0.05) is 325 Å². The molecule has 2 heteroatoms. The van der Waals surface area contributed by atoms with Crippen molar-refractivity contribution in [3.05, 3.63) is 185 Å². The van der Waals surface area contributed by atoms with Gasteiger partial charge < -0.3 is 0 Å². The maximum Gasteiger partial charge on any atom is 0.243 e. The molecule has 2 heterocycles. The number of hydrogen-bond donors (Lipinski definition) is 0. The number of allylic oxidation sites excluding steroid dienone is 14. The molecule has 0 saturated carbocycles. The molecule has 10 rings (SSSR count). The fourth-order valence-corrected chi connectivity index (χ4v) is 15.2. The second-order valence-corrected chi connectivity index (χ2v) is 36.8. The molecule has 0 spiro atoms. The van der Waals surface area contributed by atoms with Crippen LogP contribution in [0.25, 0.3) is 11.1 Å². The predicted octanol–water partition coefficient (Wildman–Crippen LogP) is 18.7. The topological polar surface area (TPSA) is 0 Å². The molecule has 4 aromatic rings. The van der Waals surface area contributed by atoms with Crippen molar-refractivity contribution >= 4 is 46.4 Å². The van der Waals surface area contributed by atoms with E-state index in [0.717, 1.165) is 0 Å². The normalized spacial score (nSPS) is 19.4. The van der Waals surface area contributed by atoms with E-state index in [1.807, 2.05) is 0 Å². The molecule has 4 aromatic carbocycles. The molecule has 0 fully saturated rings. The molecule has 0 saturated heterocycles. The van der Waals surface area contributed by atoms with Gasteiger partial charge in [0.1, 0.15) is 0 Å². The fourth-order valence-electron chi connectivity index (χ4n) is 15.2. The molecule has 0 radical (unpaired) electrons. The summed E-state index contributed by atoms with van der Waals surface area (Å²) in [6.45, 7) is 73.6. The lowest BCUT2D eigenvalue weighted by Gasteiger charge is -2.52. The Hall–Kier alpha value is -4.81. The lowest BCUT2D eigenvalue weighted by Crippen LogP contribution is -2.59. The first-order valence-corrected chi connectivity index (χ1v) is 31.8. The Morgan fingerprint density at radius 2 is 0.622 bits per heavy atom. The highest BCUT2D eigenvalue weighted by Gasteiger charge is 2.55. The van der Waals surface area contributed by atoms with Gasteiger partial charge in [0.25, 0.3) is 0 Å². The van der Waals surface area contributed by atoms with Gasteiger partial charge in [0.2, 0.25) is 13.4 Å². The first kappa shape index (κ1) is 60.3. The van der Waals surface area contributed by atoms with Crippen molar-refractivity contribution in [3.8, 4) is 0 Å². The Labute approximate surface area is 502 Å². The summed E-state index contributed by atoms with van der Waals surface area (Å²) in [4.78, 5) is 0. The average molecular weight is 1090 g/mol. The molecular weight excluding hydrogens is 983 g/mol. The Morgan fingerprint density at radius 3 is 1.00 bits per heavy atom. The second kappa shape index (κ2) is 18.4. The highest BCUT2D eigenvalue weighted by molar-refractivity contribution is 6.94. The highest BCUT2D eigenvalue weighted by atomic mass is 14.5. The summed E-state index contributed by atoms with van der Waals surface area (Å²) < 4.78 is 0. The summed E-state index contributed by atoms with van der Waals surface area (Å²) in [5.74, 6) is 0.321. The molecule has 2 unspecified atom stereocenters. The van der Waals surface area contributed by atoms with Gasteiger partial charge >= 0.3 is 0 Å². The number of rotatable bonds is 2. The molecule has 4 aliphatic carbocycles. The van der Waals surface area contributed by atoms with Crippen LogP contribution in [0.1, 0.15) is 274 Å². The van der Waals surface area contributed by atoms with E-state index in [1.165, 1.54) is 122 Å². The van der Waals surface area contributed by atoms with E-state index in [9.17, 15) is 0 Å². The zero-order valence-electron chi connectivity index (χ0n) is 57.4. The van der Waals surface area contributed by atoms with E-state index in [4.69, 9.17) is 0 Å². The summed E-state index contributed by atoms with van der Waals surface area (Å²) in [7, 11) is 0. The number of hydrogen-bond acceptors (Lipinski definition) is 0. The van der Waals surface area contributed by atoms with Gasteiger partial charge in [-0.2, -0.15) is 0 Å². The quantitative estimate of drug-likeness (QED) is 0.176. The van der Waals surface area contributed by atoms with E-state index in [1.54, 1.807) is 11.1 Å². The number of benzene rings is 4. The maximum absolute atomic E-state index is 2.78. The van der Waals surface area contributed by atoms with E-state index in [-0.39, 0.29) is 79.4 Å². The van der Waals surface area contributed by atoms with Crippen LogP contribution < -0.4 is 21.9 Å². The van der Waals surface area contributed by atoms with Crippen molar-refractivity contribution in [1.29, 1.82) is 0 Å². The van der Waals surface area contributed by atoms with E-state index >= 15 is 0 Å². The van der Waals surface area contributed by atoms with Gasteiger partial charge in [0, 0.05) is 11.8 Å². The standard InChI is InChI=1S/C80H106B2/c1-71(2,3)47-37-53-51-33-31-45-36-62-66-52(54-38-48(72(4,5)6)40-56(76(16,17)18)68(54)82(62)70-59(79(25,26)27)43-50(74(10,11)12)44-60(70)80(28,29)30)34-32-46-35-61(65(51)63(45)64(46)66)81(67(53)55(39-47)75(13,14)15)69-57(77(19,20)21)41-49(73(7,8)9)42-58(69)78(22,23)24/h31-44,63-64H,1-30H3. The fraction of sp³-hybridized carbons (Fsp3) is 0.525. The molecule has 82 heavy (non-hydrogen) atoms. The third-order valence-electron chi connectivity index (χ3n) is 19.8. The molecule has 2 aliphatic heterocycles. The summed E-state index contributed by atoms with van der Waals surface area (Å²) in [5, 5.41) is 0. The predicted molar refractivity (Wildman–Crippen MR) is 365 cm³/mol. The van der Waals surface area contributed by atoms with E-state index in [0.29, 0.717) is 0 Å². The van der Waals surface area contributed by atoms with E-state index < -0.39 is 0 Å². The van der Waals surface area contributed by atoms with Crippen molar-refractivity contribution in [2.45, 2.75) is 262 Å². The smallest absolute Gasteiger partial charge is 0.0639 e. The molecular formula is C80H106B2. The van der Waals surface area contributed by atoms with Crippen molar-refractivity contribution in [1.82, 2.24) is 0 Å². The highest BCUT2D eigenvalue weighted by Crippen LogP contribution is 2.60. The van der Waals surface area contributed by atoms with Crippen molar-refractivity contribution < 1.29 is 0 Å². The summed E-state index contributed by atoms with van der Waals surface area (Å²) in [6.07, 6.45) is 16.0. The van der Waals surface area contributed by atoms with Gasteiger partial charge in [-0.05, 0) is 154 Å². The minimum absolute atomic E-state index is 0.0137. The minimum atomic E-state index is -0.120. The SMILES string of the molecule is CC(C)(C)c1cc2c(c(C(C)(C)C)c1)B(c1c(C(C)(C)C)cc(C(C)(C)C)cc1C(C)(C)C)C1=C3C2=CC=C2C=C4B(c5c(C(C)(C)C)cc(C(C)(C)C)cc5C(C)(C)C)c5c(cc(C(C)(C)C)cc5C(C)(C)C)C5=C4C(C(=C1)C=C5)C23. The first-order valence-electron chi connectivity index (χ1n) is 31.8. The monoisotopic (exact) mass is 1090 g/mol. The Kier molecular flexibility index (Phi) is 13.5. The van der Waals surface area contributed by atoms with Gasteiger partial charge in [0.05, 0.1) is 0 Å². The molecule has 0 N–H and O–H groups in total. The zero-order chi connectivity index (χ0) is 61.1. The van der Waals surface area contributed by atoms with Gasteiger partial charge in [0.15, 0.2) is 0 Å². The van der Waals surface area contributed by atoms with E-state index in [2.05, 4.69) is 293 Å². The summed E-state index contributed by atoms with van der Waals surface area (Å²) >= 11 is 0. The van der Waals surface area contributed by atoms with Crippen LogP contribution in [0.2, 0.25) is 0 Å². The van der Waals surface area contributed by atoms with Gasteiger partial charge in [-0.25, -0.2) is 0 Å². The summed E-state index contributed by atoms with van der Waals surface area (Å²) in [6, 6.07) is 21.2. The van der Waals surface area contributed by atoms with Crippen LogP contribution in [0.4, 0.5) is 0 Å². The van der Waals surface area contributed by atoms with Crippen LogP contribution in [-0.4, -0.2) is 13.4 Å².